The van der Waals surface area contributed by atoms with Gasteiger partial charge in [-0.2, -0.15) is 0 Å². The summed E-state index contributed by atoms with van der Waals surface area (Å²) in [5, 5.41) is 6.49. The van der Waals surface area contributed by atoms with Crippen LogP contribution in [0.25, 0.3) is 0 Å². The molecule has 1 amide bonds. The third-order valence-corrected chi connectivity index (χ3v) is 4.42. The van der Waals surface area contributed by atoms with Gasteiger partial charge in [0.05, 0.1) is 17.4 Å². The third kappa shape index (κ3) is 2.54. The zero-order chi connectivity index (χ0) is 13.9. The summed E-state index contributed by atoms with van der Waals surface area (Å²) < 4.78 is 0. The van der Waals surface area contributed by atoms with Gasteiger partial charge in [0.25, 0.3) is 0 Å². The van der Waals surface area contributed by atoms with Gasteiger partial charge in [-0.15, -0.1) is 11.3 Å². The van der Waals surface area contributed by atoms with Crippen LogP contribution in [-0.2, 0) is 4.79 Å². The highest BCUT2D eigenvalue weighted by Gasteiger charge is 2.24. The summed E-state index contributed by atoms with van der Waals surface area (Å²) in [5.74, 6) is 0.209. The van der Waals surface area contributed by atoms with Gasteiger partial charge in [-0.05, 0) is 25.5 Å². The van der Waals surface area contributed by atoms with Gasteiger partial charge in [-0.1, -0.05) is 12.1 Å². The van der Waals surface area contributed by atoms with Crippen molar-refractivity contribution < 1.29 is 4.79 Å². The fourth-order valence-electron chi connectivity index (χ4n) is 2.48. The summed E-state index contributed by atoms with van der Waals surface area (Å²) in [6, 6.07) is 8.11. The Morgan fingerprint density at radius 1 is 1.40 bits per heavy atom. The van der Waals surface area contributed by atoms with E-state index in [1.165, 1.54) is 0 Å². The molecule has 2 heterocycles. The zero-order valence-electron chi connectivity index (χ0n) is 11.4. The number of para-hydroxylation sites is 2. The van der Waals surface area contributed by atoms with Gasteiger partial charge in [-0.3, -0.25) is 4.79 Å². The predicted octanol–water partition coefficient (Wildman–Crippen LogP) is 3.44. The Hall–Kier alpha value is -1.88. The van der Waals surface area contributed by atoms with Gasteiger partial charge in [0.1, 0.15) is 5.01 Å². The topological polar surface area (TPSA) is 45.2 Å². The Kier molecular flexibility index (Phi) is 3.69. The maximum atomic E-state index is 11.9. The summed E-state index contributed by atoms with van der Waals surface area (Å²) in [6.07, 6.45) is 3.40. The van der Waals surface area contributed by atoms with Crippen LogP contribution in [0.4, 0.5) is 11.4 Å². The van der Waals surface area contributed by atoms with Crippen LogP contribution < -0.4 is 10.2 Å². The first-order chi connectivity index (χ1) is 9.75. The smallest absolute Gasteiger partial charge is 0.227 e. The van der Waals surface area contributed by atoms with Crippen molar-refractivity contribution in [1.29, 1.82) is 0 Å². The first-order valence-corrected chi connectivity index (χ1v) is 7.69. The van der Waals surface area contributed by atoms with Gasteiger partial charge in [-0.25, -0.2) is 4.98 Å². The molecule has 1 unspecified atom stereocenters. The van der Waals surface area contributed by atoms with Crippen LogP contribution >= 0.6 is 11.3 Å². The Bertz CT molecular complexity index is 597. The molecule has 0 saturated carbocycles. The molecule has 2 aromatic rings. The van der Waals surface area contributed by atoms with Crippen molar-refractivity contribution in [3.05, 3.63) is 40.8 Å². The minimum Gasteiger partial charge on any atom is -0.374 e. The molecule has 0 spiro atoms. The quantitative estimate of drug-likeness (QED) is 0.937. The summed E-state index contributed by atoms with van der Waals surface area (Å²) in [7, 11) is 0. The summed E-state index contributed by atoms with van der Waals surface area (Å²) in [4.78, 5) is 18.1. The SMILES string of the molecule is CC(Nc1ccccc1N1CCCC1=O)c1nccs1. The van der Waals surface area contributed by atoms with Crippen molar-refractivity contribution in [2.75, 3.05) is 16.8 Å². The first kappa shape index (κ1) is 13.1. The van der Waals surface area contributed by atoms with Crippen molar-refractivity contribution in [1.82, 2.24) is 4.98 Å². The van der Waals surface area contributed by atoms with E-state index in [1.807, 2.05) is 40.7 Å². The number of benzene rings is 1. The van der Waals surface area contributed by atoms with Crippen molar-refractivity contribution in [3.63, 3.8) is 0 Å². The lowest BCUT2D eigenvalue weighted by Crippen LogP contribution is -2.25. The Labute approximate surface area is 122 Å². The number of hydrogen-bond donors (Lipinski definition) is 1. The molecule has 20 heavy (non-hydrogen) atoms. The van der Waals surface area contributed by atoms with Gasteiger partial charge in [0.15, 0.2) is 0 Å². The second-order valence-electron chi connectivity index (χ2n) is 4.90. The zero-order valence-corrected chi connectivity index (χ0v) is 12.2. The number of amides is 1. The lowest BCUT2D eigenvalue weighted by atomic mass is 10.2. The van der Waals surface area contributed by atoms with Crippen molar-refractivity contribution in [3.8, 4) is 0 Å². The molecular weight excluding hydrogens is 270 g/mol. The molecule has 1 aliphatic heterocycles. The van der Waals surface area contributed by atoms with Gasteiger partial charge in [0, 0.05) is 24.5 Å². The van der Waals surface area contributed by atoms with E-state index in [2.05, 4.69) is 17.2 Å². The molecule has 4 nitrogen and oxygen atoms in total. The second-order valence-corrected chi connectivity index (χ2v) is 5.83. The van der Waals surface area contributed by atoms with Crippen LogP contribution in [0, 0.1) is 0 Å². The number of anilines is 2. The maximum Gasteiger partial charge on any atom is 0.227 e. The highest BCUT2D eigenvalue weighted by molar-refractivity contribution is 7.09. The largest absolute Gasteiger partial charge is 0.374 e. The fraction of sp³-hybridized carbons (Fsp3) is 0.333. The highest BCUT2D eigenvalue weighted by atomic mass is 32.1. The number of thiazole rings is 1. The molecule has 1 aromatic heterocycles. The van der Waals surface area contributed by atoms with Gasteiger partial charge < -0.3 is 10.2 Å². The first-order valence-electron chi connectivity index (χ1n) is 6.81. The predicted molar refractivity (Wildman–Crippen MR) is 82.2 cm³/mol. The number of aromatic nitrogens is 1. The number of nitrogens with zero attached hydrogens (tertiary/aromatic N) is 2. The Morgan fingerprint density at radius 3 is 2.95 bits per heavy atom. The number of carbonyl (C=O) groups excluding carboxylic acids is 1. The Morgan fingerprint density at radius 2 is 2.25 bits per heavy atom. The lowest BCUT2D eigenvalue weighted by molar-refractivity contribution is -0.117. The molecular formula is C15H17N3OS. The standard InChI is InChI=1S/C15H17N3OS/c1-11(15-16-8-10-20-15)17-12-5-2-3-6-13(12)18-9-4-7-14(18)19/h2-3,5-6,8,10-11,17H,4,7,9H2,1H3. The minimum atomic E-state index is 0.133. The molecule has 1 saturated heterocycles. The molecule has 5 heteroatoms. The maximum absolute atomic E-state index is 11.9. The van der Waals surface area contributed by atoms with E-state index in [1.54, 1.807) is 11.3 Å². The van der Waals surface area contributed by atoms with Crippen LogP contribution in [-0.4, -0.2) is 17.4 Å². The summed E-state index contributed by atoms with van der Waals surface area (Å²) in [5.41, 5.74) is 1.96. The van der Waals surface area contributed by atoms with Crippen LogP contribution in [0.15, 0.2) is 35.8 Å². The lowest BCUT2D eigenvalue weighted by Gasteiger charge is -2.22. The number of carbonyl (C=O) groups is 1. The van der Waals surface area contributed by atoms with Crippen molar-refractivity contribution >= 4 is 28.6 Å². The van der Waals surface area contributed by atoms with Crippen molar-refractivity contribution in [2.45, 2.75) is 25.8 Å². The number of nitrogens with one attached hydrogen (secondary N) is 1. The number of hydrogen-bond acceptors (Lipinski definition) is 4. The van der Waals surface area contributed by atoms with Gasteiger partial charge >= 0.3 is 0 Å². The molecule has 0 radical (unpaired) electrons. The molecule has 1 fully saturated rings. The third-order valence-electron chi connectivity index (χ3n) is 3.46. The normalized spacial score (nSPS) is 16.4. The van der Waals surface area contributed by atoms with E-state index in [0.29, 0.717) is 6.42 Å². The highest BCUT2D eigenvalue weighted by Crippen LogP contribution is 2.32. The Balaban J connectivity index is 1.84. The number of rotatable bonds is 4. The fourth-order valence-corrected chi connectivity index (χ4v) is 3.12. The molecule has 1 atom stereocenters. The second kappa shape index (κ2) is 5.63. The average molecular weight is 287 g/mol. The molecule has 0 bridgehead atoms. The minimum absolute atomic E-state index is 0.133. The van der Waals surface area contributed by atoms with E-state index >= 15 is 0 Å². The van der Waals surface area contributed by atoms with Crippen LogP contribution in [0.5, 0.6) is 0 Å². The van der Waals surface area contributed by atoms with E-state index in [0.717, 1.165) is 29.3 Å². The van der Waals surface area contributed by atoms with E-state index in [4.69, 9.17) is 0 Å². The molecule has 1 aliphatic rings. The van der Waals surface area contributed by atoms with E-state index in [9.17, 15) is 4.79 Å². The molecule has 0 aliphatic carbocycles. The van der Waals surface area contributed by atoms with Crippen LogP contribution in [0.2, 0.25) is 0 Å². The average Bonchev–Trinajstić information content (AvgIpc) is 3.10. The van der Waals surface area contributed by atoms with E-state index < -0.39 is 0 Å². The molecule has 3 rings (SSSR count). The summed E-state index contributed by atoms with van der Waals surface area (Å²) in [6.45, 7) is 2.89. The van der Waals surface area contributed by atoms with E-state index in [-0.39, 0.29) is 11.9 Å². The monoisotopic (exact) mass is 287 g/mol. The molecule has 1 aromatic carbocycles. The molecule has 104 valence electrons. The summed E-state index contributed by atoms with van der Waals surface area (Å²) >= 11 is 1.63. The van der Waals surface area contributed by atoms with Crippen LogP contribution in [0.3, 0.4) is 0 Å². The molecule has 1 N–H and O–H groups in total. The van der Waals surface area contributed by atoms with Crippen molar-refractivity contribution in [2.24, 2.45) is 0 Å². The van der Waals surface area contributed by atoms with Gasteiger partial charge in [0.2, 0.25) is 5.91 Å². The van der Waals surface area contributed by atoms with Crippen LogP contribution in [0.1, 0.15) is 30.8 Å².